The summed E-state index contributed by atoms with van der Waals surface area (Å²) in [5, 5.41) is 14.6. The summed E-state index contributed by atoms with van der Waals surface area (Å²) in [6.45, 7) is 2.20. The zero-order valence-electron chi connectivity index (χ0n) is 9.73. The SMILES string of the molecule is CC(C#N)CNC(=O)C1Cc2ccccc2N1. The molecule has 1 aliphatic rings. The number of benzene rings is 1. The molecule has 0 fully saturated rings. The second-order valence-electron chi connectivity index (χ2n) is 4.33. The quantitative estimate of drug-likeness (QED) is 0.821. The average Bonchev–Trinajstić information content (AvgIpc) is 2.79. The minimum absolute atomic E-state index is 0.0386. The Labute approximate surface area is 101 Å². The molecule has 1 aliphatic heterocycles. The van der Waals surface area contributed by atoms with E-state index in [0.29, 0.717) is 13.0 Å². The van der Waals surface area contributed by atoms with Crippen LogP contribution < -0.4 is 10.6 Å². The Kier molecular flexibility index (Phi) is 3.29. The number of para-hydroxylation sites is 1. The van der Waals surface area contributed by atoms with E-state index in [1.54, 1.807) is 6.92 Å². The largest absolute Gasteiger partial charge is 0.373 e. The van der Waals surface area contributed by atoms with Gasteiger partial charge in [0.05, 0.1) is 12.0 Å². The summed E-state index contributed by atoms with van der Waals surface area (Å²) in [7, 11) is 0. The van der Waals surface area contributed by atoms with Crippen LogP contribution >= 0.6 is 0 Å². The second kappa shape index (κ2) is 4.88. The number of nitrogens with zero attached hydrogens (tertiary/aromatic N) is 1. The maximum absolute atomic E-state index is 11.9. The Balaban J connectivity index is 1.90. The van der Waals surface area contributed by atoms with E-state index in [-0.39, 0.29) is 17.9 Å². The number of amides is 1. The number of fused-ring (bicyclic) bond motifs is 1. The number of hydrogen-bond acceptors (Lipinski definition) is 3. The number of anilines is 1. The van der Waals surface area contributed by atoms with Crippen molar-refractivity contribution in [1.29, 1.82) is 5.26 Å². The third-order valence-electron chi connectivity index (χ3n) is 2.89. The fraction of sp³-hybridized carbons (Fsp3) is 0.385. The molecule has 4 heteroatoms. The van der Waals surface area contributed by atoms with E-state index in [0.717, 1.165) is 5.69 Å². The van der Waals surface area contributed by atoms with Crippen LogP contribution in [0.3, 0.4) is 0 Å². The van der Waals surface area contributed by atoms with Crippen LogP contribution in [0.5, 0.6) is 0 Å². The van der Waals surface area contributed by atoms with Crippen LogP contribution in [-0.2, 0) is 11.2 Å². The van der Waals surface area contributed by atoms with Gasteiger partial charge in [-0.3, -0.25) is 4.79 Å². The van der Waals surface area contributed by atoms with Gasteiger partial charge in [-0.1, -0.05) is 18.2 Å². The van der Waals surface area contributed by atoms with Gasteiger partial charge < -0.3 is 10.6 Å². The molecule has 17 heavy (non-hydrogen) atoms. The minimum atomic E-state index is -0.210. The van der Waals surface area contributed by atoms with Gasteiger partial charge >= 0.3 is 0 Å². The van der Waals surface area contributed by atoms with Crippen molar-refractivity contribution < 1.29 is 4.79 Å². The van der Waals surface area contributed by atoms with Crippen molar-refractivity contribution in [3.8, 4) is 6.07 Å². The Hall–Kier alpha value is -2.02. The Morgan fingerprint density at radius 1 is 1.65 bits per heavy atom. The van der Waals surface area contributed by atoms with Crippen molar-refractivity contribution in [1.82, 2.24) is 5.32 Å². The van der Waals surface area contributed by atoms with E-state index < -0.39 is 0 Å². The number of carbonyl (C=O) groups is 1. The normalized spacial score (nSPS) is 18.7. The molecule has 4 nitrogen and oxygen atoms in total. The van der Waals surface area contributed by atoms with Gasteiger partial charge in [-0.05, 0) is 18.6 Å². The first kappa shape index (κ1) is 11.5. The monoisotopic (exact) mass is 229 g/mol. The molecular formula is C13H15N3O. The molecule has 1 amide bonds. The van der Waals surface area contributed by atoms with Crippen molar-refractivity contribution in [2.24, 2.45) is 5.92 Å². The lowest BCUT2D eigenvalue weighted by Gasteiger charge is -2.12. The molecule has 2 rings (SSSR count). The lowest BCUT2D eigenvalue weighted by molar-refractivity contribution is -0.121. The first-order valence-corrected chi connectivity index (χ1v) is 5.72. The molecule has 0 radical (unpaired) electrons. The van der Waals surface area contributed by atoms with Gasteiger partial charge in [0.2, 0.25) is 5.91 Å². The van der Waals surface area contributed by atoms with E-state index >= 15 is 0 Å². The van der Waals surface area contributed by atoms with Crippen LogP contribution in [0.25, 0.3) is 0 Å². The topological polar surface area (TPSA) is 64.9 Å². The van der Waals surface area contributed by atoms with Gasteiger partial charge in [-0.15, -0.1) is 0 Å². The van der Waals surface area contributed by atoms with E-state index in [4.69, 9.17) is 5.26 Å². The highest BCUT2D eigenvalue weighted by Crippen LogP contribution is 2.24. The molecule has 1 heterocycles. The summed E-state index contributed by atoms with van der Waals surface area (Å²) in [4.78, 5) is 11.9. The van der Waals surface area contributed by atoms with Gasteiger partial charge in [0, 0.05) is 18.7 Å². The van der Waals surface area contributed by atoms with Crippen LogP contribution in [0.1, 0.15) is 12.5 Å². The highest BCUT2D eigenvalue weighted by molar-refractivity contribution is 5.87. The van der Waals surface area contributed by atoms with Crippen LogP contribution in [0.4, 0.5) is 5.69 Å². The Morgan fingerprint density at radius 2 is 2.41 bits per heavy atom. The highest BCUT2D eigenvalue weighted by atomic mass is 16.2. The number of rotatable bonds is 3. The predicted molar refractivity (Wildman–Crippen MR) is 65.3 cm³/mol. The number of nitrogens with one attached hydrogen (secondary N) is 2. The van der Waals surface area contributed by atoms with E-state index in [1.165, 1.54) is 5.56 Å². The van der Waals surface area contributed by atoms with Crippen molar-refractivity contribution in [2.75, 3.05) is 11.9 Å². The molecule has 0 aliphatic carbocycles. The minimum Gasteiger partial charge on any atom is -0.373 e. The Bertz CT molecular complexity index is 439. The maximum atomic E-state index is 11.9. The fourth-order valence-electron chi connectivity index (χ4n) is 1.88. The number of nitriles is 1. The molecule has 0 spiro atoms. The molecular weight excluding hydrogens is 214 g/mol. The van der Waals surface area contributed by atoms with Crippen LogP contribution in [0, 0.1) is 17.2 Å². The summed E-state index contributed by atoms with van der Waals surface area (Å²) in [5.74, 6) is -0.189. The third kappa shape index (κ3) is 2.56. The molecule has 2 atom stereocenters. The third-order valence-corrected chi connectivity index (χ3v) is 2.89. The van der Waals surface area contributed by atoms with Gasteiger partial charge in [-0.25, -0.2) is 0 Å². The molecule has 88 valence electrons. The zero-order valence-corrected chi connectivity index (χ0v) is 9.73. The van der Waals surface area contributed by atoms with Crippen molar-refractivity contribution in [3.05, 3.63) is 29.8 Å². The first-order valence-electron chi connectivity index (χ1n) is 5.72. The van der Waals surface area contributed by atoms with Crippen LogP contribution in [0.15, 0.2) is 24.3 Å². The molecule has 0 saturated carbocycles. The first-order chi connectivity index (χ1) is 8.20. The van der Waals surface area contributed by atoms with Crippen molar-refractivity contribution in [2.45, 2.75) is 19.4 Å². The van der Waals surface area contributed by atoms with E-state index in [2.05, 4.69) is 16.7 Å². The van der Waals surface area contributed by atoms with Gasteiger partial charge in [-0.2, -0.15) is 5.26 Å². The van der Waals surface area contributed by atoms with Crippen molar-refractivity contribution >= 4 is 11.6 Å². The fourth-order valence-corrected chi connectivity index (χ4v) is 1.88. The maximum Gasteiger partial charge on any atom is 0.242 e. The van der Waals surface area contributed by atoms with Crippen LogP contribution in [-0.4, -0.2) is 18.5 Å². The zero-order chi connectivity index (χ0) is 12.3. The molecule has 0 saturated heterocycles. The second-order valence-corrected chi connectivity index (χ2v) is 4.33. The van der Waals surface area contributed by atoms with Crippen molar-refractivity contribution in [3.63, 3.8) is 0 Å². The number of hydrogen-bond donors (Lipinski definition) is 2. The molecule has 2 N–H and O–H groups in total. The molecule has 2 unspecified atom stereocenters. The van der Waals surface area contributed by atoms with Gasteiger partial charge in [0.1, 0.15) is 6.04 Å². The summed E-state index contributed by atoms with van der Waals surface area (Å²) >= 11 is 0. The standard InChI is InChI=1S/C13H15N3O/c1-9(7-14)8-15-13(17)12-6-10-4-2-3-5-11(10)16-12/h2-5,9,12,16H,6,8H2,1H3,(H,15,17). The van der Waals surface area contributed by atoms with Gasteiger partial charge in [0.15, 0.2) is 0 Å². The average molecular weight is 229 g/mol. The molecule has 1 aromatic rings. The smallest absolute Gasteiger partial charge is 0.242 e. The lowest BCUT2D eigenvalue weighted by Crippen LogP contribution is -2.40. The highest BCUT2D eigenvalue weighted by Gasteiger charge is 2.26. The van der Waals surface area contributed by atoms with Crippen LogP contribution in [0.2, 0.25) is 0 Å². The lowest BCUT2D eigenvalue weighted by atomic mass is 10.1. The summed E-state index contributed by atoms with van der Waals surface area (Å²) in [6.07, 6.45) is 0.711. The summed E-state index contributed by atoms with van der Waals surface area (Å²) in [6, 6.07) is 9.80. The van der Waals surface area contributed by atoms with E-state index in [1.807, 2.05) is 24.3 Å². The van der Waals surface area contributed by atoms with Gasteiger partial charge in [0.25, 0.3) is 0 Å². The summed E-state index contributed by atoms with van der Waals surface area (Å²) < 4.78 is 0. The molecule has 1 aromatic carbocycles. The number of carbonyl (C=O) groups excluding carboxylic acids is 1. The Morgan fingerprint density at radius 3 is 3.12 bits per heavy atom. The molecule has 0 aromatic heterocycles. The summed E-state index contributed by atoms with van der Waals surface area (Å²) in [5.41, 5.74) is 2.20. The predicted octanol–water partition coefficient (Wildman–Crippen LogP) is 1.30. The molecule has 0 bridgehead atoms. The van der Waals surface area contributed by atoms with E-state index in [9.17, 15) is 4.79 Å².